The summed E-state index contributed by atoms with van der Waals surface area (Å²) in [4.78, 5) is 25.5. The third-order valence-corrected chi connectivity index (χ3v) is 6.39. The minimum atomic E-state index is -3.20. The number of aromatic nitrogens is 1. The van der Waals surface area contributed by atoms with E-state index in [1.54, 1.807) is 18.2 Å². The van der Waals surface area contributed by atoms with Gasteiger partial charge in [-0.2, -0.15) is 0 Å². The lowest BCUT2D eigenvalue weighted by molar-refractivity contribution is -0.115. The van der Waals surface area contributed by atoms with Crippen LogP contribution in [0.25, 0.3) is 11.1 Å². The van der Waals surface area contributed by atoms with Gasteiger partial charge < -0.3 is 9.73 Å². The maximum absolute atomic E-state index is 12.1. The number of rotatable bonds is 5. The van der Waals surface area contributed by atoms with E-state index in [1.165, 1.54) is 0 Å². The summed E-state index contributed by atoms with van der Waals surface area (Å²) in [7, 11) is -3.20. The highest BCUT2D eigenvalue weighted by Gasteiger charge is 2.28. The Kier molecular flexibility index (Phi) is 4.25. The molecule has 0 aliphatic heterocycles. The fraction of sp³-hybridized carbons (Fsp3) is 0.467. The van der Waals surface area contributed by atoms with Gasteiger partial charge in [0, 0.05) is 12.1 Å². The third-order valence-electron chi connectivity index (χ3n) is 4.13. The monoisotopic (exact) mass is 338 g/mol. The Morgan fingerprint density at radius 3 is 2.78 bits per heavy atom. The van der Waals surface area contributed by atoms with Crippen molar-refractivity contribution >= 4 is 32.5 Å². The van der Waals surface area contributed by atoms with Gasteiger partial charge in [0.2, 0.25) is 5.91 Å². The molecule has 0 bridgehead atoms. The summed E-state index contributed by atoms with van der Waals surface area (Å²) in [5.74, 6) is -1.06. The van der Waals surface area contributed by atoms with Crippen molar-refractivity contribution in [1.29, 1.82) is 0 Å². The van der Waals surface area contributed by atoms with Crippen LogP contribution in [0.5, 0.6) is 0 Å². The first-order valence-corrected chi connectivity index (χ1v) is 9.30. The highest BCUT2D eigenvalue weighted by atomic mass is 32.2. The van der Waals surface area contributed by atoms with Crippen molar-refractivity contribution in [3.63, 3.8) is 0 Å². The van der Waals surface area contributed by atoms with Gasteiger partial charge in [0.25, 0.3) is 0 Å². The van der Waals surface area contributed by atoms with Gasteiger partial charge in [-0.25, -0.2) is 13.2 Å². The normalized spacial score (nSPS) is 16.0. The molecule has 124 valence electrons. The zero-order valence-corrected chi connectivity index (χ0v) is 13.3. The standard InChI is InChI=1S/C15H18N2O5S/c18-14(7-8-23(20,21)11-3-1-2-4-11)16-10-5-6-13-12(9-10)17-15(19)22-13/h5-6,9,11H,1-4,7-8H2,(H,16,18)(H,17,19). The van der Waals surface area contributed by atoms with Gasteiger partial charge in [0.15, 0.2) is 15.4 Å². The van der Waals surface area contributed by atoms with Gasteiger partial charge in [0.1, 0.15) is 0 Å². The zero-order chi connectivity index (χ0) is 16.4. The van der Waals surface area contributed by atoms with Gasteiger partial charge in [-0.1, -0.05) is 12.8 Å². The van der Waals surface area contributed by atoms with Gasteiger partial charge in [0.05, 0.1) is 16.5 Å². The average Bonchev–Trinajstić information content (AvgIpc) is 3.13. The van der Waals surface area contributed by atoms with Crippen LogP contribution in [-0.2, 0) is 14.6 Å². The molecule has 23 heavy (non-hydrogen) atoms. The Morgan fingerprint density at radius 2 is 2.04 bits per heavy atom. The Bertz CT molecular complexity index is 875. The molecule has 3 rings (SSSR count). The van der Waals surface area contributed by atoms with Gasteiger partial charge in [-0.05, 0) is 31.0 Å². The number of benzene rings is 1. The van der Waals surface area contributed by atoms with E-state index >= 15 is 0 Å². The number of fused-ring (bicyclic) bond motifs is 1. The molecule has 1 fully saturated rings. The van der Waals surface area contributed by atoms with Crippen molar-refractivity contribution in [2.45, 2.75) is 37.4 Å². The first-order valence-electron chi connectivity index (χ1n) is 7.58. The molecular formula is C15H18N2O5S. The molecule has 0 unspecified atom stereocenters. The van der Waals surface area contributed by atoms with E-state index in [0.717, 1.165) is 12.8 Å². The van der Waals surface area contributed by atoms with E-state index in [-0.39, 0.29) is 23.3 Å². The molecule has 0 saturated heterocycles. The Morgan fingerprint density at radius 1 is 1.30 bits per heavy atom. The first-order chi connectivity index (χ1) is 10.9. The van der Waals surface area contributed by atoms with E-state index in [9.17, 15) is 18.0 Å². The summed E-state index contributed by atoms with van der Waals surface area (Å²) in [5.41, 5.74) is 1.36. The van der Waals surface area contributed by atoms with E-state index in [2.05, 4.69) is 10.3 Å². The van der Waals surface area contributed by atoms with Gasteiger partial charge in [-0.15, -0.1) is 0 Å². The zero-order valence-electron chi connectivity index (χ0n) is 12.5. The number of nitrogens with one attached hydrogen (secondary N) is 2. The Hall–Kier alpha value is -2.09. The number of H-pyrrole nitrogens is 1. The number of carbonyl (C=O) groups is 1. The Balaban J connectivity index is 1.60. The maximum Gasteiger partial charge on any atom is 0.417 e. The highest BCUT2D eigenvalue weighted by Crippen LogP contribution is 2.25. The highest BCUT2D eigenvalue weighted by molar-refractivity contribution is 7.92. The van der Waals surface area contributed by atoms with Crippen LogP contribution in [0.2, 0.25) is 0 Å². The van der Waals surface area contributed by atoms with Crippen molar-refractivity contribution in [2.24, 2.45) is 0 Å². The van der Waals surface area contributed by atoms with Crippen LogP contribution in [0, 0.1) is 0 Å². The predicted molar refractivity (Wildman–Crippen MR) is 86.1 cm³/mol. The number of hydrogen-bond acceptors (Lipinski definition) is 5. The van der Waals surface area contributed by atoms with E-state index < -0.39 is 15.6 Å². The van der Waals surface area contributed by atoms with Crippen LogP contribution < -0.4 is 11.1 Å². The molecule has 0 spiro atoms. The van der Waals surface area contributed by atoms with Crippen molar-refractivity contribution in [2.75, 3.05) is 11.1 Å². The lowest BCUT2D eigenvalue weighted by Crippen LogP contribution is -2.24. The minimum absolute atomic E-state index is 0.0707. The molecule has 1 saturated carbocycles. The molecule has 1 aliphatic rings. The number of carbonyl (C=O) groups excluding carboxylic acids is 1. The molecule has 1 aliphatic carbocycles. The second kappa shape index (κ2) is 6.19. The van der Waals surface area contributed by atoms with Gasteiger partial charge in [-0.3, -0.25) is 9.78 Å². The topological polar surface area (TPSA) is 109 Å². The SMILES string of the molecule is O=C(CCS(=O)(=O)C1CCCC1)Nc1ccc2oc(=O)[nH]c2c1. The molecule has 2 aromatic rings. The molecule has 1 aromatic heterocycles. The van der Waals surface area contributed by atoms with Crippen LogP contribution in [0.3, 0.4) is 0 Å². The van der Waals surface area contributed by atoms with Crippen LogP contribution in [0.1, 0.15) is 32.1 Å². The molecule has 1 amide bonds. The first kappa shape index (κ1) is 15.8. The van der Waals surface area contributed by atoms with Crippen LogP contribution in [0.4, 0.5) is 5.69 Å². The fourth-order valence-electron chi connectivity index (χ4n) is 2.90. The van der Waals surface area contributed by atoms with Crippen molar-refractivity contribution < 1.29 is 17.6 Å². The van der Waals surface area contributed by atoms with Crippen molar-refractivity contribution in [1.82, 2.24) is 4.98 Å². The number of anilines is 1. The van der Waals surface area contributed by atoms with Gasteiger partial charge >= 0.3 is 5.76 Å². The lowest BCUT2D eigenvalue weighted by atomic mass is 10.3. The van der Waals surface area contributed by atoms with E-state index in [4.69, 9.17) is 4.42 Å². The summed E-state index contributed by atoms with van der Waals surface area (Å²) in [6.07, 6.45) is 3.22. The smallest absolute Gasteiger partial charge is 0.408 e. The second-order valence-electron chi connectivity index (χ2n) is 5.80. The van der Waals surface area contributed by atoms with Crippen molar-refractivity contribution in [3.8, 4) is 0 Å². The summed E-state index contributed by atoms with van der Waals surface area (Å²) >= 11 is 0. The van der Waals surface area contributed by atoms with Crippen LogP contribution in [0.15, 0.2) is 27.4 Å². The number of sulfone groups is 1. The lowest BCUT2D eigenvalue weighted by Gasteiger charge is -2.11. The van der Waals surface area contributed by atoms with Crippen LogP contribution in [-0.4, -0.2) is 30.3 Å². The molecular weight excluding hydrogens is 320 g/mol. The molecule has 8 heteroatoms. The number of hydrogen-bond donors (Lipinski definition) is 2. The maximum atomic E-state index is 12.1. The summed E-state index contributed by atoms with van der Waals surface area (Å²) in [6, 6.07) is 4.74. The number of oxazole rings is 1. The molecule has 7 nitrogen and oxygen atoms in total. The van der Waals surface area contributed by atoms with E-state index in [1.807, 2.05) is 0 Å². The molecule has 1 aromatic carbocycles. The number of amides is 1. The third kappa shape index (κ3) is 3.64. The predicted octanol–water partition coefficient (Wildman–Crippen LogP) is 1.81. The number of aromatic amines is 1. The summed E-state index contributed by atoms with van der Waals surface area (Å²) < 4.78 is 29.1. The molecule has 0 atom stereocenters. The van der Waals surface area contributed by atoms with Crippen molar-refractivity contribution in [3.05, 3.63) is 28.7 Å². The average molecular weight is 338 g/mol. The molecule has 2 N–H and O–H groups in total. The van der Waals surface area contributed by atoms with Crippen LogP contribution >= 0.6 is 0 Å². The van der Waals surface area contributed by atoms with E-state index in [0.29, 0.717) is 29.6 Å². The summed E-state index contributed by atoms with van der Waals surface area (Å²) in [5, 5.41) is 2.35. The largest absolute Gasteiger partial charge is 0.417 e. The Labute approximate surface area is 133 Å². The second-order valence-corrected chi connectivity index (χ2v) is 8.20. The molecule has 0 radical (unpaired) electrons. The fourth-order valence-corrected chi connectivity index (χ4v) is 4.76. The summed E-state index contributed by atoms with van der Waals surface area (Å²) in [6.45, 7) is 0. The molecule has 1 heterocycles. The quantitative estimate of drug-likeness (QED) is 0.864. The minimum Gasteiger partial charge on any atom is -0.408 e.